The van der Waals surface area contributed by atoms with Gasteiger partial charge in [0.05, 0.1) is 18.2 Å². The van der Waals surface area contributed by atoms with Crippen LogP contribution in [0.2, 0.25) is 5.02 Å². The first-order chi connectivity index (χ1) is 16.5. The van der Waals surface area contributed by atoms with Gasteiger partial charge in [0.25, 0.3) is 0 Å². The van der Waals surface area contributed by atoms with Crippen molar-refractivity contribution in [1.82, 2.24) is 14.8 Å². The standard InChI is InChI=1S/C27H29ClN6/c1-4-5-16-33(17-8-15-29)21-13-11-20(12-14-21)30-25-23(22-9-6-7-10-24(22)28)18-34-27(25)31-26(32-34)19(2)3/h6-7,9-14,18-19H,4-5,8,16-17H2,1-3H3. The van der Waals surface area contributed by atoms with Gasteiger partial charge < -0.3 is 4.90 Å². The monoisotopic (exact) mass is 472 g/mol. The maximum Gasteiger partial charge on any atom is 0.182 e. The topological polar surface area (TPSA) is 70.1 Å². The van der Waals surface area contributed by atoms with Gasteiger partial charge in [-0.1, -0.05) is 57.0 Å². The number of rotatable bonds is 9. The lowest BCUT2D eigenvalue weighted by atomic mass is 10.0. The van der Waals surface area contributed by atoms with Crippen LogP contribution >= 0.6 is 11.6 Å². The second-order valence-corrected chi connectivity index (χ2v) is 9.05. The van der Waals surface area contributed by atoms with Crippen molar-refractivity contribution >= 4 is 40.5 Å². The van der Waals surface area contributed by atoms with Gasteiger partial charge >= 0.3 is 0 Å². The quantitative estimate of drug-likeness (QED) is 0.347. The van der Waals surface area contributed by atoms with Crippen molar-refractivity contribution < 1.29 is 0 Å². The first kappa shape index (κ1) is 23.7. The van der Waals surface area contributed by atoms with Crippen molar-refractivity contribution in [1.29, 1.82) is 5.26 Å². The summed E-state index contributed by atoms with van der Waals surface area (Å²) in [4.78, 5) is 12.0. The summed E-state index contributed by atoms with van der Waals surface area (Å²) in [5.74, 6) is 1.73. The molecule has 34 heavy (non-hydrogen) atoms. The van der Waals surface area contributed by atoms with E-state index in [9.17, 15) is 0 Å². The molecule has 0 atom stereocenters. The zero-order valence-electron chi connectivity index (χ0n) is 19.9. The molecule has 0 spiro atoms. The number of fused-ring (bicyclic) bond motifs is 1. The first-order valence-electron chi connectivity index (χ1n) is 11.8. The van der Waals surface area contributed by atoms with Crippen LogP contribution in [0.4, 0.5) is 11.4 Å². The predicted octanol–water partition coefficient (Wildman–Crippen LogP) is 6.71. The van der Waals surface area contributed by atoms with E-state index in [1.165, 1.54) is 0 Å². The lowest BCUT2D eigenvalue weighted by Gasteiger charge is -2.23. The lowest BCUT2D eigenvalue weighted by molar-refractivity contribution is 0.718. The van der Waals surface area contributed by atoms with Crippen LogP contribution in [-0.2, 0) is 0 Å². The molecular formula is C27H29ClN6. The molecule has 0 aliphatic carbocycles. The molecule has 6 nitrogen and oxygen atoms in total. The number of allylic oxidation sites excluding steroid dienone is 1. The van der Waals surface area contributed by atoms with Crippen molar-refractivity contribution in [3.8, 4) is 6.07 Å². The average Bonchev–Trinajstić information content (AvgIpc) is 3.40. The Balaban J connectivity index is 1.70. The Morgan fingerprint density at radius 3 is 2.56 bits per heavy atom. The van der Waals surface area contributed by atoms with Crippen molar-refractivity contribution in [2.45, 2.75) is 46.0 Å². The molecule has 1 aliphatic heterocycles. The maximum atomic E-state index is 9.02. The van der Waals surface area contributed by atoms with Gasteiger partial charge in [-0.05, 0) is 36.8 Å². The summed E-state index contributed by atoms with van der Waals surface area (Å²) in [5, 5.41) is 14.3. The minimum atomic E-state index is 0.221. The number of nitriles is 1. The van der Waals surface area contributed by atoms with Crippen LogP contribution < -0.4 is 4.90 Å². The second kappa shape index (κ2) is 10.7. The van der Waals surface area contributed by atoms with Crippen LogP contribution in [-0.4, -0.2) is 33.6 Å². The summed E-state index contributed by atoms with van der Waals surface area (Å²) in [6.45, 7) is 8.00. The van der Waals surface area contributed by atoms with Crippen molar-refractivity contribution in [2.24, 2.45) is 4.99 Å². The lowest BCUT2D eigenvalue weighted by Crippen LogP contribution is -2.25. The Morgan fingerprint density at radius 2 is 1.88 bits per heavy atom. The van der Waals surface area contributed by atoms with Gasteiger partial charge in [0.1, 0.15) is 5.71 Å². The molecule has 2 heterocycles. The summed E-state index contributed by atoms with van der Waals surface area (Å²) in [6, 6.07) is 18.2. The Kier molecular flexibility index (Phi) is 7.44. The number of nitrogens with zero attached hydrogens (tertiary/aromatic N) is 6. The van der Waals surface area contributed by atoms with E-state index < -0.39 is 0 Å². The normalized spacial score (nSPS) is 13.8. The first-order valence-corrected chi connectivity index (χ1v) is 12.1. The molecule has 7 heteroatoms. The van der Waals surface area contributed by atoms with Crippen LogP contribution in [0.3, 0.4) is 0 Å². The minimum Gasteiger partial charge on any atom is -0.371 e. The highest BCUT2D eigenvalue weighted by molar-refractivity contribution is 6.40. The third-order valence-electron chi connectivity index (χ3n) is 5.78. The Labute approximate surface area is 206 Å². The summed E-state index contributed by atoms with van der Waals surface area (Å²) in [5.41, 5.74) is 4.49. The highest BCUT2D eigenvalue weighted by atomic mass is 35.5. The van der Waals surface area contributed by atoms with Crippen molar-refractivity contribution in [2.75, 3.05) is 18.0 Å². The number of benzene rings is 2. The van der Waals surface area contributed by atoms with Gasteiger partial charge in [-0.2, -0.15) is 10.4 Å². The molecule has 0 saturated carbocycles. The fourth-order valence-corrected chi connectivity index (χ4v) is 4.14. The Bertz CT molecular complexity index is 1250. The zero-order chi connectivity index (χ0) is 24.1. The molecule has 4 rings (SSSR count). The maximum absolute atomic E-state index is 9.02. The average molecular weight is 473 g/mol. The van der Waals surface area contributed by atoms with E-state index >= 15 is 0 Å². The van der Waals surface area contributed by atoms with E-state index in [4.69, 9.17) is 26.8 Å². The van der Waals surface area contributed by atoms with Gasteiger partial charge in [0, 0.05) is 47.1 Å². The molecule has 1 aliphatic rings. The number of unbranched alkanes of at least 4 members (excludes halogenated alkanes) is 1. The number of hydrogen-bond donors (Lipinski definition) is 0. The van der Waals surface area contributed by atoms with Crippen LogP contribution in [0.15, 0.2) is 53.5 Å². The molecule has 0 amide bonds. The van der Waals surface area contributed by atoms with Crippen LogP contribution in [0.1, 0.15) is 63.2 Å². The van der Waals surface area contributed by atoms with Crippen LogP contribution in [0.5, 0.6) is 0 Å². The van der Waals surface area contributed by atoms with E-state index in [2.05, 4.69) is 49.0 Å². The second-order valence-electron chi connectivity index (χ2n) is 8.64. The number of hydrogen-bond acceptors (Lipinski definition) is 5. The summed E-state index contributed by atoms with van der Waals surface area (Å²) >= 11 is 6.53. The van der Waals surface area contributed by atoms with E-state index in [0.29, 0.717) is 11.4 Å². The van der Waals surface area contributed by atoms with Gasteiger partial charge in [-0.25, -0.2) is 14.7 Å². The molecule has 0 N–H and O–H groups in total. The third kappa shape index (κ3) is 5.05. The molecule has 0 unspecified atom stereocenters. The molecule has 0 bridgehead atoms. The number of aliphatic imine (C=N–C) groups is 1. The van der Waals surface area contributed by atoms with Gasteiger partial charge in [0.2, 0.25) is 0 Å². The van der Waals surface area contributed by atoms with Gasteiger partial charge in [-0.3, -0.25) is 0 Å². The SMILES string of the molecule is CCCCN(CCC#N)c1ccc(N=C2C(c3ccccc3Cl)=Cn3nc(C(C)C)nc32)cc1. The largest absolute Gasteiger partial charge is 0.371 e. The number of anilines is 1. The predicted molar refractivity (Wildman–Crippen MR) is 140 cm³/mol. The smallest absolute Gasteiger partial charge is 0.182 e. The highest BCUT2D eigenvalue weighted by Gasteiger charge is 2.28. The highest BCUT2D eigenvalue weighted by Crippen LogP contribution is 2.34. The van der Waals surface area contributed by atoms with E-state index in [1.54, 1.807) is 4.68 Å². The van der Waals surface area contributed by atoms with E-state index in [1.807, 2.05) is 42.6 Å². The number of aromatic nitrogens is 3. The Hall–Kier alpha value is -3.43. The summed E-state index contributed by atoms with van der Waals surface area (Å²) in [7, 11) is 0. The summed E-state index contributed by atoms with van der Waals surface area (Å²) < 4.78 is 1.80. The van der Waals surface area contributed by atoms with Gasteiger partial charge in [-0.15, -0.1) is 0 Å². The molecule has 0 radical (unpaired) electrons. The third-order valence-corrected chi connectivity index (χ3v) is 6.11. The van der Waals surface area contributed by atoms with Crippen LogP contribution in [0, 0.1) is 11.3 Å². The van der Waals surface area contributed by atoms with Crippen LogP contribution in [0.25, 0.3) is 11.8 Å². The van der Waals surface area contributed by atoms with Crippen molar-refractivity contribution in [3.05, 3.63) is 70.8 Å². The molecule has 3 aromatic rings. The fraction of sp³-hybridized carbons (Fsp3) is 0.333. The minimum absolute atomic E-state index is 0.221. The molecule has 1 aromatic heterocycles. The van der Waals surface area contributed by atoms with Crippen molar-refractivity contribution in [3.63, 3.8) is 0 Å². The molecular weight excluding hydrogens is 444 g/mol. The molecule has 2 aromatic carbocycles. The number of halogens is 1. The molecule has 174 valence electrons. The molecule has 0 saturated heterocycles. The zero-order valence-corrected chi connectivity index (χ0v) is 20.6. The van der Waals surface area contributed by atoms with Gasteiger partial charge in [0.15, 0.2) is 11.6 Å². The van der Waals surface area contributed by atoms with E-state index in [-0.39, 0.29) is 5.92 Å². The Morgan fingerprint density at radius 1 is 1.12 bits per heavy atom. The summed E-state index contributed by atoms with van der Waals surface area (Å²) in [6.07, 6.45) is 4.67. The fourth-order valence-electron chi connectivity index (χ4n) is 3.90. The molecule has 0 fully saturated rings. The van der Waals surface area contributed by atoms with E-state index in [0.717, 1.165) is 65.8 Å².